The van der Waals surface area contributed by atoms with Gasteiger partial charge in [0, 0.05) is 23.2 Å². The molecule has 1 aliphatic rings. The van der Waals surface area contributed by atoms with Crippen molar-refractivity contribution in [2.24, 2.45) is 0 Å². The molecule has 0 bridgehead atoms. The average molecular weight is 422 g/mol. The average Bonchev–Trinajstić information content (AvgIpc) is 3.36. The van der Waals surface area contributed by atoms with Gasteiger partial charge in [-0.1, -0.05) is 17.3 Å². The van der Waals surface area contributed by atoms with Gasteiger partial charge in [0.15, 0.2) is 5.76 Å². The van der Waals surface area contributed by atoms with Gasteiger partial charge in [-0.3, -0.25) is 14.5 Å². The molecular weight excluding hydrogens is 403 g/mol. The maximum atomic E-state index is 13.1. The second kappa shape index (κ2) is 8.78. The van der Waals surface area contributed by atoms with Crippen LogP contribution < -0.4 is 10.6 Å². The summed E-state index contributed by atoms with van der Waals surface area (Å²) in [5, 5.41) is 9.07. The number of benzene rings is 2. The van der Waals surface area contributed by atoms with Crippen LogP contribution in [0.15, 0.2) is 59.3 Å². The summed E-state index contributed by atoms with van der Waals surface area (Å²) in [4.78, 5) is 36.7. The number of hydrogen-bond donors (Lipinski definition) is 2. The summed E-state index contributed by atoms with van der Waals surface area (Å²) < 4.78 is 18.4. The Balaban J connectivity index is 1.32. The topological polar surface area (TPSA) is 105 Å². The molecule has 1 fully saturated rings. The number of halogens is 1. The van der Waals surface area contributed by atoms with Crippen molar-refractivity contribution in [1.29, 1.82) is 0 Å². The third-order valence-corrected chi connectivity index (χ3v) is 4.89. The maximum absolute atomic E-state index is 13.1. The summed E-state index contributed by atoms with van der Waals surface area (Å²) in [5.74, 6) is -0.285. The van der Waals surface area contributed by atoms with Crippen LogP contribution in [0.4, 0.5) is 14.9 Å². The van der Waals surface area contributed by atoms with Crippen LogP contribution in [-0.2, 0) is 22.6 Å². The van der Waals surface area contributed by atoms with Gasteiger partial charge in [0.05, 0.1) is 19.3 Å². The molecule has 2 N–H and O–H groups in total. The fourth-order valence-electron chi connectivity index (χ4n) is 3.24. The van der Waals surface area contributed by atoms with E-state index >= 15 is 0 Å². The number of rotatable bonds is 7. The SMILES string of the molecule is O=C(CCc1cnoc1-c1ccc(F)cc1)Nc1ccc(CN2C(=O)CNC2=O)cc1. The Labute approximate surface area is 177 Å². The molecule has 2 heterocycles. The van der Waals surface area contributed by atoms with Crippen molar-refractivity contribution in [2.75, 3.05) is 11.9 Å². The summed E-state index contributed by atoms with van der Waals surface area (Å²) in [7, 11) is 0. The third-order valence-electron chi connectivity index (χ3n) is 4.89. The van der Waals surface area contributed by atoms with E-state index in [9.17, 15) is 18.8 Å². The number of aromatic nitrogens is 1. The van der Waals surface area contributed by atoms with Crippen molar-refractivity contribution in [1.82, 2.24) is 15.4 Å². The minimum atomic E-state index is -0.406. The number of hydrogen-bond acceptors (Lipinski definition) is 5. The molecule has 4 rings (SSSR count). The van der Waals surface area contributed by atoms with Gasteiger partial charge in [-0.15, -0.1) is 0 Å². The van der Waals surface area contributed by atoms with E-state index in [4.69, 9.17) is 4.52 Å². The molecule has 8 nitrogen and oxygen atoms in total. The number of imide groups is 1. The lowest BCUT2D eigenvalue weighted by atomic mass is 10.1. The Morgan fingerprint density at radius 2 is 1.87 bits per heavy atom. The minimum Gasteiger partial charge on any atom is -0.356 e. The Morgan fingerprint density at radius 1 is 1.13 bits per heavy atom. The van der Waals surface area contributed by atoms with Gasteiger partial charge >= 0.3 is 6.03 Å². The zero-order valence-electron chi connectivity index (χ0n) is 16.4. The van der Waals surface area contributed by atoms with Crippen LogP contribution in [0.1, 0.15) is 17.5 Å². The molecule has 0 saturated carbocycles. The first kappa shape index (κ1) is 20.3. The van der Waals surface area contributed by atoms with E-state index in [1.807, 2.05) is 0 Å². The molecule has 9 heteroatoms. The highest BCUT2D eigenvalue weighted by Gasteiger charge is 2.28. The summed E-state index contributed by atoms with van der Waals surface area (Å²) in [6.07, 6.45) is 2.17. The predicted octanol–water partition coefficient (Wildman–Crippen LogP) is 3.10. The van der Waals surface area contributed by atoms with Crippen LogP contribution in [0, 0.1) is 5.82 Å². The summed E-state index contributed by atoms with van der Waals surface area (Å²) >= 11 is 0. The smallest absolute Gasteiger partial charge is 0.324 e. The molecule has 2 aromatic carbocycles. The van der Waals surface area contributed by atoms with E-state index in [-0.39, 0.29) is 37.1 Å². The van der Waals surface area contributed by atoms with Gasteiger partial charge in [-0.05, 0) is 48.4 Å². The van der Waals surface area contributed by atoms with Gasteiger partial charge in [-0.25, -0.2) is 9.18 Å². The lowest BCUT2D eigenvalue weighted by Gasteiger charge is -2.13. The highest BCUT2D eigenvalue weighted by Crippen LogP contribution is 2.25. The summed E-state index contributed by atoms with van der Waals surface area (Å²) in [6, 6.07) is 12.4. The second-order valence-corrected chi connectivity index (χ2v) is 7.07. The van der Waals surface area contributed by atoms with Crippen LogP contribution in [0.3, 0.4) is 0 Å². The van der Waals surface area contributed by atoms with Gasteiger partial charge in [0.2, 0.25) is 11.8 Å². The molecule has 3 aromatic rings. The number of anilines is 1. The third kappa shape index (κ3) is 4.77. The fourth-order valence-corrected chi connectivity index (χ4v) is 3.24. The zero-order valence-corrected chi connectivity index (χ0v) is 16.4. The molecular formula is C22H19FN4O4. The van der Waals surface area contributed by atoms with Crippen LogP contribution in [-0.4, -0.2) is 34.4 Å². The van der Waals surface area contributed by atoms with E-state index in [2.05, 4.69) is 15.8 Å². The largest absolute Gasteiger partial charge is 0.356 e. The van der Waals surface area contributed by atoms with Gasteiger partial charge in [0.25, 0.3) is 0 Å². The van der Waals surface area contributed by atoms with Gasteiger partial charge in [-0.2, -0.15) is 0 Å². The first-order chi connectivity index (χ1) is 15.0. The fraction of sp³-hybridized carbons (Fsp3) is 0.182. The molecule has 0 spiro atoms. The highest BCUT2D eigenvalue weighted by molar-refractivity contribution is 6.01. The quantitative estimate of drug-likeness (QED) is 0.570. The number of carbonyl (C=O) groups is 3. The molecule has 1 saturated heterocycles. The van der Waals surface area contributed by atoms with E-state index in [1.165, 1.54) is 12.1 Å². The van der Waals surface area contributed by atoms with E-state index < -0.39 is 6.03 Å². The molecule has 1 aliphatic heterocycles. The molecule has 31 heavy (non-hydrogen) atoms. The van der Waals surface area contributed by atoms with Crippen molar-refractivity contribution in [2.45, 2.75) is 19.4 Å². The molecule has 0 aliphatic carbocycles. The molecule has 0 unspecified atom stereocenters. The van der Waals surface area contributed by atoms with Crippen LogP contribution in [0.2, 0.25) is 0 Å². The van der Waals surface area contributed by atoms with Crippen molar-refractivity contribution in [3.63, 3.8) is 0 Å². The van der Waals surface area contributed by atoms with Crippen molar-refractivity contribution >= 4 is 23.5 Å². The highest BCUT2D eigenvalue weighted by atomic mass is 19.1. The van der Waals surface area contributed by atoms with Crippen LogP contribution in [0.25, 0.3) is 11.3 Å². The van der Waals surface area contributed by atoms with Crippen molar-refractivity contribution in [3.05, 3.63) is 71.7 Å². The van der Waals surface area contributed by atoms with Crippen molar-refractivity contribution < 1.29 is 23.3 Å². The van der Waals surface area contributed by atoms with Crippen LogP contribution in [0.5, 0.6) is 0 Å². The Hall–Kier alpha value is -4.01. The van der Waals surface area contributed by atoms with E-state index in [1.54, 1.807) is 42.6 Å². The van der Waals surface area contributed by atoms with E-state index in [0.29, 0.717) is 23.4 Å². The second-order valence-electron chi connectivity index (χ2n) is 7.07. The monoisotopic (exact) mass is 422 g/mol. The Bertz CT molecular complexity index is 1090. The molecule has 0 radical (unpaired) electrons. The lowest BCUT2D eigenvalue weighted by Crippen LogP contribution is -2.30. The first-order valence-electron chi connectivity index (χ1n) is 9.66. The maximum Gasteiger partial charge on any atom is 0.324 e. The number of amides is 4. The van der Waals surface area contributed by atoms with Crippen molar-refractivity contribution in [3.8, 4) is 11.3 Å². The molecule has 158 valence electrons. The standard InChI is InChI=1S/C22H19FN4O4/c23-17-6-3-15(4-7-17)21-16(11-25-31-21)5-10-19(28)26-18-8-1-14(2-9-18)13-27-20(29)12-24-22(27)30/h1-4,6-9,11H,5,10,12-13H2,(H,24,30)(H,26,28). The molecule has 0 atom stereocenters. The summed E-state index contributed by atoms with van der Waals surface area (Å²) in [6.45, 7) is 0.195. The molecule has 1 aromatic heterocycles. The van der Waals surface area contributed by atoms with Gasteiger partial charge in [0.1, 0.15) is 5.82 Å². The first-order valence-corrected chi connectivity index (χ1v) is 9.66. The minimum absolute atomic E-state index is 0.0159. The Morgan fingerprint density at radius 3 is 2.55 bits per heavy atom. The normalized spacial score (nSPS) is 13.4. The number of nitrogens with one attached hydrogen (secondary N) is 2. The predicted molar refractivity (Wildman–Crippen MR) is 109 cm³/mol. The summed E-state index contributed by atoms with van der Waals surface area (Å²) in [5.41, 5.74) is 2.83. The lowest BCUT2D eigenvalue weighted by molar-refractivity contribution is -0.125. The number of carbonyl (C=O) groups excluding carboxylic acids is 3. The van der Waals surface area contributed by atoms with Gasteiger partial charge < -0.3 is 15.2 Å². The zero-order chi connectivity index (χ0) is 21.8. The number of urea groups is 1. The Kier molecular flexibility index (Phi) is 5.74. The van der Waals surface area contributed by atoms with E-state index in [0.717, 1.165) is 16.0 Å². The number of nitrogens with zero attached hydrogens (tertiary/aromatic N) is 2. The molecule has 4 amide bonds. The van der Waals surface area contributed by atoms with Crippen LogP contribution >= 0.6 is 0 Å². The number of aryl methyl sites for hydroxylation is 1.